The minimum absolute atomic E-state index is 0.161. The Hall–Kier alpha value is -2.11. The first-order chi connectivity index (χ1) is 12.0. The van der Waals surface area contributed by atoms with E-state index in [1.54, 1.807) is 24.3 Å². The fourth-order valence-electron chi connectivity index (χ4n) is 3.33. The molecule has 0 aliphatic carbocycles. The fourth-order valence-corrected chi connectivity index (χ4v) is 3.52. The van der Waals surface area contributed by atoms with Gasteiger partial charge < -0.3 is 10.0 Å². The molecule has 0 spiro atoms. The molecule has 25 heavy (non-hydrogen) atoms. The van der Waals surface area contributed by atoms with E-state index in [0.29, 0.717) is 28.4 Å². The molecule has 6 heteroatoms. The molecule has 2 aromatic carbocycles. The number of likely N-dealkylation sites (N-methyl/N-ethyl adjacent to an activating group) is 1. The van der Waals surface area contributed by atoms with Crippen LogP contribution >= 0.6 is 11.6 Å². The van der Waals surface area contributed by atoms with E-state index in [0.717, 1.165) is 19.4 Å². The van der Waals surface area contributed by atoms with Crippen LogP contribution in [0.1, 0.15) is 12.8 Å². The van der Waals surface area contributed by atoms with Crippen LogP contribution in [-0.2, 0) is 0 Å². The number of hydrogen-bond donors (Lipinski definition) is 1. The van der Waals surface area contributed by atoms with E-state index in [-0.39, 0.29) is 6.04 Å². The Bertz CT molecular complexity index is 784. The molecule has 1 saturated heterocycles. The summed E-state index contributed by atoms with van der Waals surface area (Å²) < 4.78 is 13.9. The minimum atomic E-state index is -1.05. The van der Waals surface area contributed by atoms with Gasteiger partial charge in [0.25, 0.3) is 0 Å². The van der Waals surface area contributed by atoms with Crippen LogP contribution in [0.2, 0.25) is 5.02 Å². The van der Waals surface area contributed by atoms with Crippen molar-refractivity contribution in [3.8, 4) is 11.1 Å². The summed E-state index contributed by atoms with van der Waals surface area (Å²) in [5, 5.41) is 10.3. The van der Waals surface area contributed by atoms with Crippen LogP contribution in [0, 0.1) is 5.82 Å². The van der Waals surface area contributed by atoms with Crippen molar-refractivity contribution in [3.63, 3.8) is 0 Å². The molecule has 0 aromatic heterocycles. The van der Waals surface area contributed by atoms with Gasteiger partial charge >= 0.3 is 6.09 Å². The Balaban J connectivity index is 2.02. The SMILES string of the molecule is CN1CCCC1CN(C(=O)O)c1ccc(F)cc1-c1cccc(Cl)c1. The maximum atomic E-state index is 13.9. The molecule has 1 aliphatic rings. The number of halogens is 2. The molecule has 3 rings (SSSR count). The highest BCUT2D eigenvalue weighted by Gasteiger charge is 2.28. The van der Waals surface area contributed by atoms with E-state index in [1.807, 2.05) is 7.05 Å². The lowest BCUT2D eigenvalue weighted by atomic mass is 10.0. The third-order valence-electron chi connectivity index (χ3n) is 4.68. The van der Waals surface area contributed by atoms with Crippen LogP contribution in [-0.4, -0.2) is 42.3 Å². The maximum Gasteiger partial charge on any atom is 0.411 e. The maximum absolute atomic E-state index is 13.9. The van der Waals surface area contributed by atoms with Gasteiger partial charge in [-0.2, -0.15) is 0 Å². The summed E-state index contributed by atoms with van der Waals surface area (Å²) in [5.41, 5.74) is 1.68. The molecule has 132 valence electrons. The van der Waals surface area contributed by atoms with Crippen molar-refractivity contribution in [2.75, 3.05) is 25.0 Å². The van der Waals surface area contributed by atoms with Crippen LogP contribution in [0.3, 0.4) is 0 Å². The van der Waals surface area contributed by atoms with Crippen molar-refractivity contribution in [2.24, 2.45) is 0 Å². The highest BCUT2D eigenvalue weighted by Crippen LogP contribution is 2.34. The first-order valence-corrected chi connectivity index (χ1v) is 8.59. The van der Waals surface area contributed by atoms with Gasteiger partial charge in [-0.25, -0.2) is 9.18 Å². The zero-order valence-corrected chi connectivity index (χ0v) is 14.7. The van der Waals surface area contributed by atoms with Crippen LogP contribution < -0.4 is 4.90 Å². The highest BCUT2D eigenvalue weighted by molar-refractivity contribution is 6.30. The molecule has 1 heterocycles. The molecule has 1 aliphatic heterocycles. The Labute approximate surface area is 151 Å². The third kappa shape index (κ3) is 3.94. The number of amides is 1. The lowest BCUT2D eigenvalue weighted by Gasteiger charge is -2.28. The monoisotopic (exact) mass is 362 g/mol. The van der Waals surface area contributed by atoms with Gasteiger partial charge in [-0.3, -0.25) is 4.90 Å². The summed E-state index contributed by atoms with van der Waals surface area (Å²) in [6.07, 6.45) is 0.961. The predicted molar refractivity (Wildman–Crippen MR) is 97.9 cm³/mol. The Kier molecular flexibility index (Phi) is 5.25. The molecular formula is C19H20ClFN2O2. The number of hydrogen-bond acceptors (Lipinski definition) is 2. The van der Waals surface area contributed by atoms with Crippen LogP contribution in [0.25, 0.3) is 11.1 Å². The molecule has 1 amide bonds. The molecule has 1 fully saturated rings. The summed E-state index contributed by atoms with van der Waals surface area (Å²) in [4.78, 5) is 15.4. The van der Waals surface area contributed by atoms with Gasteiger partial charge in [-0.05, 0) is 62.3 Å². The summed E-state index contributed by atoms with van der Waals surface area (Å²) in [6.45, 7) is 1.31. The van der Waals surface area contributed by atoms with Crippen LogP contribution in [0.4, 0.5) is 14.9 Å². The molecule has 1 unspecified atom stereocenters. The molecule has 1 atom stereocenters. The lowest BCUT2D eigenvalue weighted by molar-refractivity contribution is 0.198. The quantitative estimate of drug-likeness (QED) is 0.855. The van der Waals surface area contributed by atoms with Crippen molar-refractivity contribution >= 4 is 23.4 Å². The number of carboxylic acid groups (broad SMARTS) is 1. The summed E-state index contributed by atoms with van der Waals surface area (Å²) in [5.74, 6) is -0.415. The lowest BCUT2D eigenvalue weighted by Crippen LogP contribution is -2.41. The number of benzene rings is 2. The van der Waals surface area contributed by atoms with Gasteiger partial charge in [0.05, 0.1) is 5.69 Å². The fraction of sp³-hybridized carbons (Fsp3) is 0.316. The Morgan fingerprint density at radius 2 is 2.16 bits per heavy atom. The van der Waals surface area contributed by atoms with Gasteiger partial charge in [-0.15, -0.1) is 0 Å². The number of carbonyl (C=O) groups is 1. The first-order valence-electron chi connectivity index (χ1n) is 8.22. The number of anilines is 1. The zero-order valence-electron chi connectivity index (χ0n) is 14.0. The zero-order chi connectivity index (χ0) is 18.0. The molecular weight excluding hydrogens is 343 g/mol. The molecule has 4 nitrogen and oxygen atoms in total. The van der Waals surface area contributed by atoms with Crippen molar-refractivity contribution in [1.29, 1.82) is 0 Å². The second kappa shape index (κ2) is 7.42. The predicted octanol–water partition coefficient (Wildman–Crippen LogP) is 4.72. The second-order valence-corrected chi connectivity index (χ2v) is 6.78. The Morgan fingerprint density at radius 1 is 1.36 bits per heavy atom. The van der Waals surface area contributed by atoms with Gasteiger partial charge in [0, 0.05) is 23.2 Å². The van der Waals surface area contributed by atoms with Gasteiger partial charge in [0.2, 0.25) is 0 Å². The van der Waals surface area contributed by atoms with Crippen molar-refractivity contribution in [1.82, 2.24) is 4.90 Å². The van der Waals surface area contributed by atoms with Gasteiger partial charge in [0.1, 0.15) is 5.82 Å². The van der Waals surface area contributed by atoms with E-state index < -0.39 is 11.9 Å². The largest absolute Gasteiger partial charge is 0.465 e. The molecule has 0 radical (unpaired) electrons. The normalized spacial score (nSPS) is 17.6. The van der Waals surface area contributed by atoms with E-state index in [2.05, 4.69) is 4.90 Å². The van der Waals surface area contributed by atoms with Crippen molar-refractivity contribution < 1.29 is 14.3 Å². The topological polar surface area (TPSA) is 43.8 Å². The standard InChI is InChI=1S/C19H20ClFN2O2/c1-22-9-3-6-16(22)12-23(19(24)25)18-8-7-15(21)11-17(18)13-4-2-5-14(20)10-13/h2,4-5,7-8,10-11,16H,3,6,9,12H2,1H3,(H,24,25). The minimum Gasteiger partial charge on any atom is -0.465 e. The average molecular weight is 363 g/mol. The molecule has 0 saturated carbocycles. The van der Waals surface area contributed by atoms with Gasteiger partial charge in [-0.1, -0.05) is 23.7 Å². The van der Waals surface area contributed by atoms with Crippen LogP contribution in [0.15, 0.2) is 42.5 Å². The summed E-state index contributed by atoms with van der Waals surface area (Å²) in [7, 11) is 2.00. The number of rotatable bonds is 4. The van der Waals surface area contributed by atoms with Gasteiger partial charge in [0.15, 0.2) is 0 Å². The third-order valence-corrected chi connectivity index (χ3v) is 4.92. The molecule has 2 aromatic rings. The summed E-state index contributed by atoms with van der Waals surface area (Å²) in [6, 6.07) is 11.3. The summed E-state index contributed by atoms with van der Waals surface area (Å²) >= 11 is 6.06. The number of nitrogens with zero attached hydrogens (tertiary/aromatic N) is 2. The first kappa shape index (κ1) is 17.7. The van der Waals surface area contributed by atoms with Crippen LogP contribution in [0.5, 0.6) is 0 Å². The van der Waals surface area contributed by atoms with E-state index in [4.69, 9.17) is 11.6 Å². The second-order valence-electron chi connectivity index (χ2n) is 6.34. The van der Waals surface area contributed by atoms with E-state index in [9.17, 15) is 14.3 Å². The molecule has 0 bridgehead atoms. The Morgan fingerprint density at radius 3 is 2.80 bits per heavy atom. The smallest absolute Gasteiger partial charge is 0.411 e. The average Bonchev–Trinajstić information content (AvgIpc) is 2.97. The van der Waals surface area contributed by atoms with Crippen molar-refractivity contribution in [2.45, 2.75) is 18.9 Å². The van der Waals surface area contributed by atoms with E-state index >= 15 is 0 Å². The van der Waals surface area contributed by atoms with Crippen molar-refractivity contribution in [3.05, 3.63) is 53.3 Å². The highest BCUT2D eigenvalue weighted by atomic mass is 35.5. The van der Waals surface area contributed by atoms with E-state index in [1.165, 1.54) is 23.1 Å². The molecule has 1 N–H and O–H groups in total. The number of likely N-dealkylation sites (tertiary alicyclic amines) is 1.